The summed E-state index contributed by atoms with van der Waals surface area (Å²) in [7, 11) is 0. The molecule has 0 bridgehead atoms. The fourth-order valence-electron chi connectivity index (χ4n) is 1.74. The maximum absolute atomic E-state index is 12.7. The van der Waals surface area contributed by atoms with Crippen LogP contribution in [-0.4, -0.2) is 27.2 Å². The van der Waals surface area contributed by atoms with Crippen molar-refractivity contribution in [3.8, 4) is 0 Å². The molecular formula is C13H13FN4O3. The Kier molecular flexibility index (Phi) is 4.60. The van der Waals surface area contributed by atoms with Gasteiger partial charge in [-0.25, -0.2) is 4.39 Å². The van der Waals surface area contributed by atoms with Gasteiger partial charge in [0.1, 0.15) is 12.4 Å². The fourth-order valence-corrected chi connectivity index (χ4v) is 1.74. The average molecular weight is 292 g/mol. The molecule has 7 nitrogen and oxygen atoms in total. The van der Waals surface area contributed by atoms with Crippen LogP contribution in [0.2, 0.25) is 0 Å². The highest BCUT2D eigenvalue weighted by atomic mass is 19.1. The average Bonchev–Trinajstić information content (AvgIpc) is 2.90. The van der Waals surface area contributed by atoms with Gasteiger partial charge in [-0.2, -0.15) is 4.68 Å². The number of carbonyl (C=O) groups is 1. The molecule has 0 spiro atoms. The summed E-state index contributed by atoms with van der Waals surface area (Å²) in [6, 6.07) is 7.25. The lowest BCUT2D eigenvalue weighted by Crippen LogP contribution is -2.29. The number of halogens is 1. The molecule has 1 amide bonds. The third kappa shape index (κ3) is 4.37. The van der Waals surface area contributed by atoms with Gasteiger partial charge >= 0.3 is 5.82 Å². The Morgan fingerprint density at radius 3 is 2.67 bits per heavy atom. The van der Waals surface area contributed by atoms with E-state index in [0.29, 0.717) is 13.0 Å². The highest BCUT2D eigenvalue weighted by Gasteiger charge is 2.12. The molecule has 0 fully saturated rings. The number of benzene rings is 1. The van der Waals surface area contributed by atoms with E-state index in [1.165, 1.54) is 29.1 Å². The maximum atomic E-state index is 12.7. The Bertz CT molecular complexity index is 639. The summed E-state index contributed by atoms with van der Waals surface area (Å²) < 4.78 is 13.9. The lowest BCUT2D eigenvalue weighted by molar-refractivity contribution is -0.389. The molecule has 0 saturated heterocycles. The number of hydrogen-bond acceptors (Lipinski definition) is 4. The second-order valence-corrected chi connectivity index (χ2v) is 4.36. The van der Waals surface area contributed by atoms with Gasteiger partial charge in [-0.15, -0.1) is 0 Å². The number of nitrogens with zero attached hydrogens (tertiary/aromatic N) is 3. The molecule has 0 atom stereocenters. The number of carbonyl (C=O) groups excluding carboxylic acids is 1. The number of hydrogen-bond donors (Lipinski definition) is 1. The van der Waals surface area contributed by atoms with Crippen LogP contribution in [0.3, 0.4) is 0 Å². The molecule has 1 heterocycles. The molecule has 1 aromatic carbocycles. The molecule has 1 N–H and O–H groups in total. The van der Waals surface area contributed by atoms with E-state index in [9.17, 15) is 19.3 Å². The van der Waals surface area contributed by atoms with Gasteiger partial charge in [0.05, 0.1) is 17.4 Å². The van der Waals surface area contributed by atoms with E-state index in [-0.39, 0.29) is 24.1 Å². The highest BCUT2D eigenvalue weighted by molar-refractivity contribution is 5.75. The normalized spacial score (nSPS) is 10.3. The molecule has 0 unspecified atom stereocenters. The van der Waals surface area contributed by atoms with E-state index in [0.717, 1.165) is 5.56 Å². The lowest BCUT2D eigenvalue weighted by Gasteiger charge is -2.04. The Morgan fingerprint density at radius 2 is 2.05 bits per heavy atom. The van der Waals surface area contributed by atoms with Crippen LogP contribution in [0.4, 0.5) is 10.2 Å². The summed E-state index contributed by atoms with van der Waals surface area (Å²) >= 11 is 0. The van der Waals surface area contributed by atoms with Gasteiger partial charge in [-0.05, 0) is 29.0 Å². The first-order valence-corrected chi connectivity index (χ1v) is 6.23. The molecule has 0 aliphatic rings. The lowest BCUT2D eigenvalue weighted by atomic mass is 10.1. The Labute approximate surface area is 119 Å². The van der Waals surface area contributed by atoms with Crippen molar-refractivity contribution in [2.45, 2.75) is 13.0 Å². The largest absolute Gasteiger partial charge is 0.389 e. The molecular weight excluding hydrogens is 279 g/mol. The maximum Gasteiger partial charge on any atom is 0.389 e. The van der Waals surface area contributed by atoms with Crippen molar-refractivity contribution >= 4 is 11.7 Å². The molecule has 21 heavy (non-hydrogen) atoms. The van der Waals surface area contributed by atoms with Crippen LogP contribution in [0, 0.1) is 15.9 Å². The molecule has 2 aromatic rings. The third-order valence-electron chi connectivity index (χ3n) is 2.77. The van der Waals surface area contributed by atoms with E-state index >= 15 is 0 Å². The van der Waals surface area contributed by atoms with E-state index in [2.05, 4.69) is 10.4 Å². The quantitative estimate of drug-likeness (QED) is 0.641. The fraction of sp³-hybridized carbons (Fsp3) is 0.231. The number of nitro groups is 1. The zero-order chi connectivity index (χ0) is 15.2. The van der Waals surface area contributed by atoms with Gasteiger partial charge < -0.3 is 15.4 Å². The summed E-state index contributed by atoms with van der Waals surface area (Å²) in [5, 5.41) is 16.8. The smallest absolute Gasteiger partial charge is 0.358 e. The summed E-state index contributed by atoms with van der Waals surface area (Å²) in [5.41, 5.74) is 0.909. The topological polar surface area (TPSA) is 90.1 Å². The van der Waals surface area contributed by atoms with Crippen LogP contribution in [0.15, 0.2) is 36.5 Å². The first-order chi connectivity index (χ1) is 10.0. The summed E-state index contributed by atoms with van der Waals surface area (Å²) in [5.74, 6) is -0.896. The van der Waals surface area contributed by atoms with Gasteiger partial charge in [-0.1, -0.05) is 12.1 Å². The van der Waals surface area contributed by atoms with Crippen molar-refractivity contribution in [1.29, 1.82) is 0 Å². The number of amides is 1. The second kappa shape index (κ2) is 6.60. The van der Waals surface area contributed by atoms with Crippen LogP contribution in [0.1, 0.15) is 5.56 Å². The third-order valence-corrected chi connectivity index (χ3v) is 2.77. The highest BCUT2D eigenvalue weighted by Crippen LogP contribution is 2.05. The zero-order valence-electron chi connectivity index (χ0n) is 11.0. The standard InChI is InChI=1S/C13H13FN4O3/c14-11-3-1-10(2-4-11)5-7-15-13(19)9-17-8-6-12(16-17)18(20)21/h1-4,6,8H,5,7,9H2,(H,15,19). The van der Waals surface area contributed by atoms with Crippen molar-refractivity contribution < 1.29 is 14.1 Å². The molecule has 0 saturated carbocycles. The van der Waals surface area contributed by atoms with Crippen LogP contribution in [0.25, 0.3) is 0 Å². The van der Waals surface area contributed by atoms with Crippen LogP contribution < -0.4 is 5.32 Å². The first kappa shape index (κ1) is 14.6. The van der Waals surface area contributed by atoms with Gasteiger partial charge in [0.15, 0.2) is 0 Å². The minimum absolute atomic E-state index is 0.0861. The minimum Gasteiger partial charge on any atom is -0.358 e. The Morgan fingerprint density at radius 1 is 1.33 bits per heavy atom. The Hall–Kier alpha value is -2.77. The van der Waals surface area contributed by atoms with E-state index in [1.807, 2.05) is 0 Å². The molecule has 1 aromatic heterocycles. The van der Waals surface area contributed by atoms with E-state index < -0.39 is 4.92 Å². The van der Waals surface area contributed by atoms with Gasteiger partial charge in [0.2, 0.25) is 5.91 Å². The summed E-state index contributed by atoms with van der Waals surface area (Å²) in [6.45, 7) is 0.311. The molecule has 2 rings (SSSR count). The van der Waals surface area contributed by atoms with Crippen molar-refractivity contribution in [1.82, 2.24) is 15.1 Å². The monoisotopic (exact) mass is 292 g/mol. The van der Waals surface area contributed by atoms with Crippen molar-refractivity contribution in [3.63, 3.8) is 0 Å². The molecule has 0 aliphatic heterocycles. The van der Waals surface area contributed by atoms with Crippen molar-refractivity contribution in [3.05, 3.63) is 58.0 Å². The SMILES string of the molecule is O=C(Cn1ccc([N+](=O)[O-])n1)NCCc1ccc(F)cc1. The summed E-state index contributed by atoms with van der Waals surface area (Å²) in [4.78, 5) is 21.5. The number of nitrogens with one attached hydrogen (secondary N) is 1. The van der Waals surface area contributed by atoms with Crippen molar-refractivity contribution in [2.75, 3.05) is 6.54 Å². The molecule has 0 aliphatic carbocycles. The first-order valence-electron chi connectivity index (χ1n) is 6.23. The molecule has 8 heteroatoms. The van der Waals surface area contributed by atoms with Crippen LogP contribution in [-0.2, 0) is 17.8 Å². The number of aromatic nitrogens is 2. The van der Waals surface area contributed by atoms with Crippen LogP contribution in [0.5, 0.6) is 0 Å². The van der Waals surface area contributed by atoms with Gasteiger partial charge in [0, 0.05) is 6.54 Å². The number of rotatable bonds is 6. The van der Waals surface area contributed by atoms with Crippen molar-refractivity contribution in [2.24, 2.45) is 0 Å². The molecule has 0 radical (unpaired) electrons. The van der Waals surface area contributed by atoms with Crippen LogP contribution >= 0.6 is 0 Å². The Balaban J connectivity index is 1.76. The predicted octanol–water partition coefficient (Wildman–Crippen LogP) is 1.29. The second-order valence-electron chi connectivity index (χ2n) is 4.36. The zero-order valence-corrected chi connectivity index (χ0v) is 11.0. The summed E-state index contributed by atoms with van der Waals surface area (Å²) in [6.07, 6.45) is 1.95. The van der Waals surface area contributed by atoms with E-state index in [1.54, 1.807) is 12.1 Å². The predicted molar refractivity (Wildman–Crippen MR) is 72.0 cm³/mol. The van der Waals surface area contributed by atoms with E-state index in [4.69, 9.17) is 0 Å². The van der Waals surface area contributed by atoms with Gasteiger partial charge in [0.25, 0.3) is 0 Å². The van der Waals surface area contributed by atoms with Gasteiger partial charge in [-0.3, -0.25) is 4.79 Å². The minimum atomic E-state index is -0.622. The molecule has 110 valence electrons.